The molecule has 1 atom stereocenters. The molecule has 7 rings (SSSR count). The highest BCUT2D eigenvalue weighted by atomic mass is 127. The summed E-state index contributed by atoms with van der Waals surface area (Å²) >= 11 is 3.52. The third kappa shape index (κ3) is 6.43. The normalized spacial score (nSPS) is 14.3. The molecule has 49 heavy (non-hydrogen) atoms. The highest BCUT2D eigenvalue weighted by molar-refractivity contribution is 14.1. The minimum absolute atomic E-state index is 0.193. The van der Waals surface area contributed by atoms with E-state index in [1.54, 1.807) is 18.6 Å². The second-order valence-corrected chi connectivity index (χ2v) is 13.5. The first-order valence-electron chi connectivity index (χ1n) is 15.8. The first-order valence-corrected chi connectivity index (χ1v) is 17.7. The van der Waals surface area contributed by atoms with Gasteiger partial charge in [0.05, 0.1) is 39.1 Å². The molecule has 0 unspecified atom stereocenters. The van der Waals surface area contributed by atoms with Crippen LogP contribution in [0.15, 0.2) is 131 Å². The quantitative estimate of drug-likeness (QED) is 0.114. The van der Waals surface area contributed by atoms with Crippen LogP contribution < -0.4 is 24.4 Å². The van der Waals surface area contributed by atoms with Gasteiger partial charge in [0.2, 0.25) is 0 Å². The molecule has 9 heteroatoms. The fourth-order valence-electron chi connectivity index (χ4n) is 6.07. The number of halogens is 1. The van der Waals surface area contributed by atoms with Gasteiger partial charge >= 0.3 is 5.97 Å². The molecule has 1 aliphatic heterocycles. The van der Waals surface area contributed by atoms with E-state index in [0.717, 1.165) is 36.6 Å². The highest BCUT2D eigenvalue weighted by Crippen LogP contribution is 2.37. The van der Waals surface area contributed by atoms with Crippen LogP contribution in [0.3, 0.4) is 0 Å². The number of ether oxygens (including phenoxy) is 3. The van der Waals surface area contributed by atoms with Crippen LogP contribution in [0.2, 0.25) is 0 Å². The minimum Gasteiger partial charge on any atom is -0.493 e. The molecule has 5 aromatic carbocycles. The number of hydrogen-bond acceptors (Lipinski definition) is 7. The Hall–Kier alpha value is -5.00. The average Bonchev–Trinajstić information content (AvgIpc) is 3.44. The van der Waals surface area contributed by atoms with Gasteiger partial charge in [-0.25, -0.2) is 9.79 Å². The fraction of sp³-hybridized carbons (Fsp3) is 0.125. The number of methoxy groups -OCH3 is 1. The van der Waals surface area contributed by atoms with Crippen molar-refractivity contribution >= 4 is 62.4 Å². The first kappa shape index (κ1) is 32.5. The molecule has 0 saturated carbocycles. The zero-order chi connectivity index (χ0) is 33.9. The zero-order valence-electron chi connectivity index (χ0n) is 26.8. The van der Waals surface area contributed by atoms with Crippen molar-refractivity contribution in [3.63, 3.8) is 0 Å². The molecule has 244 valence electrons. The second-order valence-electron chi connectivity index (χ2n) is 11.3. The number of nitrogens with zero attached hydrogens (tertiary/aromatic N) is 2. The van der Waals surface area contributed by atoms with Crippen LogP contribution in [0, 0.1) is 3.57 Å². The van der Waals surface area contributed by atoms with Crippen LogP contribution in [0.1, 0.15) is 35.2 Å². The Morgan fingerprint density at radius 2 is 1.65 bits per heavy atom. The predicted octanol–water partition coefficient (Wildman–Crippen LogP) is 7.28. The van der Waals surface area contributed by atoms with Gasteiger partial charge in [-0.3, -0.25) is 9.36 Å². The van der Waals surface area contributed by atoms with Gasteiger partial charge in [-0.05, 0) is 75.2 Å². The number of fused-ring (bicyclic) bond motifs is 2. The molecule has 0 radical (unpaired) electrons. The molecule has 0 aliphatic carbocycles. The number of thiazole rings is 1. The van der Waals surface area contributed by atoms with Crippen molar-refractivity contribution in [1.29, 1.82) is 0 Å². The summed E-state index contributed by atoms with van der Waals surface area (Å²) in [5, 5.41) is 2.29. The lowest BCUT2D eigenvalue weighted by Gasteiger charge is -2.25. The van der Waals surface area contributed by atoms with Gasteiger partial charge in [-0.2, -0.15) is 0 Å². The van der Waals surface area contributed by atoms with E-state index in [-0.39, 0.29) is 12.2 Å². The largest absolute Gasteiger partial charge is 0.493 e. The zero-order valence-corrected chi connectivity index (χ0v) is 29.7. The number of esters is 1. The minimum atomic E-state index is -0.728. The van der Waals surface area contributed by atoms with E-state index in [1.165, 1.54) is 11.3 Å². The Balaban J connectivity index is 1.32. The number of rotatable bonds is 9. The molecule has 0 bridgehead atoms. The van der Waals surface area contributed by atoms with Gasteiger partial charge in [-0.15, -0.1) is 0 Å². The van der Waals surface area contributed by atoms with E-state index >= 15 is 0 Å². The molecule has 2 heterocycles. The van der Waals surface area contributed by atoms with Crippen LogP contribution in [-0.2, 0) is 16.1 Å². The number of carbonyl (C=O) groups excluding carboxylic acids is 1. The smallest absolute Gasteiger partial charge is 0.338 e. The molecule has 0 N–H and O–H groups in total. The fourth-order valence-corrected chi connectivity index (χ4v) is 7.86. The van der Waals surface area contributed by atoms with Gasteiger partial charge < -0.3 is 14.2 Å². The SMILES string of the molecule is CCOC(=O)C1=C(c2ccccc2)N=c2s/c(=C\c3cc(I)c(OCc4cccc5ccccc45)c(OC)c3)c(=O)n2[C@@H]1c1ccccc1. The lowest BCUT2D eigenvalue weighted by molar-refractivity contribution is -0.138. The van der Waals surface area contributed by atoms with Crippen molar-refractivity contribution in [3.05, 3.63) is 166 Å². The van der Waals surface area contributed by atoms with Crippen LogP contribution in [0.5, 0.6) is 11.5 Å². The van der Waals surface area contributed by atoms with E-state index in [1.807, 2.05) is 97.1 Å². The lowest BCUT2D eigenvalue weighted by Crippen LogP contribution is -2.40. The van der Waals surface area contributed by atoms with Gasteiger partial charge in [0, 0.05) is 5.56 Å². The molecule has 0 saturated heterocycles. The van der Waals surface area contributed by atoms with Gasteiger partial charge in [-0.1, -0.05) is 114 Å². The summed E-state index contributed by atoms with van der Waals surface area (Å²) in [5.74, 6) is 0.682. The van der Waals surface area contributed by atoms with Crippen molar-refractivity contribution < 1.29 is 19.0 Å². The van der Waals surface area contributed by atoms with Crippen molar-refractivity contribution in [2.45, 2.75) is 19.6 Å². The summed E-state index contributed by atoms with van der Waals surface area (Å²) in [4.78, 5) is 33.4. The summed E-state index contributed by atoms with van der Waals surface area (Å²) in [6.07, 6.45) is 1.83. The standard InChI is InChI=1S/C40H31IN2O5S/c1-3-47-39(45)34-35(27-14-6-4-7-15-27)42-40-43(36(34)28-16-8-5-9-17-28)38(44)33(49-40)23-25-21-31(41)37(32(22-25)46-2)48-24-29-19-12-18-26-13-10-11-20-30(26)29/h4-23,36H,3,24H2,1-2H3/b33-23-/t36-/m1/s1. The Morgan fingerprint density at radius 3 is 2.41 bits per heavy atom. The van der Waals surface area contributed by atoms with Crippen molar-refractivity contribution in [1.82, 2.24) is 4.57 Å². The molecule has 0 amide bonds. The van der Waals surface area contributed by atoms with Crippen molar-refractivity contribution in [3.8, 4) is 11.5 Å². The molecule has 1 aromatic heterocycles. The summed E-state index contributed by atoms with van der Waals surface area (Å²) in [6, 6.07) is 36.6. The van der Waals surface area contributed by atoms with E-state index in [9.17, 15) is 9.59 Å². The summed E-state index contributed by atoms with van der Waals surface area (Å²) in [5.41, 5.74) is 3.95. The summed E-state index contributed by atoms with van der Waals surface area (Å²) in [7, 11) is 1.61. The van der Waals surface area contributed by atoms with Gasteiger partial charge in [0.15, 0.2) is 16.3 Å². The van der Waals surface area contributed by atoms with E-state index in [4.69, 9.17) is 19.2 Å². The van der Waals surface area contributed by atoms with Crippen LogP contribution in [0.25, 0.3) is 22.5 Å². The molecular formula is C40H31IN2O5S. The van der Waals surface area contributed by atoms with Crippen molar-refractivity contribution in [2.75, 3.05) is 13.7 Å². The number of benzene rings is 5. The predicted molar refractivity (Wildman–Crippen MR) is 201 cm³/mol. The monoisotopic (exact) mass is 778 g/mol. The van der Waals surface area contributed by atoms with E-state index in [0.29, 0.717) is 38.7 Å². The van der Waals surface area contributed by atoms with Gasteiger partial charge in [0.1, 0.15) is 6.61 Å². The Bertz CT molecular complexity index is 2400. The molecule has 6 aromatic rings. The molecule has 0 fully saturated rings. The Labute approximate surface area is 300 Å². The Morgan fingerprint density at radius 1 is 0.939 bits per heavy atom. The van der Waals surface area contributed by atoms with Gasteiger partial charge in [0.25, 0.3) is 5.56 Å². The number of hydrogen-bond donors (Lipinski definition) is 0. The second kappa shape index (κ2) is 14.2. The highest BCUT2D eigenvalue weighted by Gasteiger charge is 2.35. The lowest BCUT2D eigenvalue weighted by atomic mass is 9.93. The maximum atomic E-state index is 14.3. The average molecular weight is 779 g/mol. The first-order chi connectivity index (χ1) is 24.0. The third-order valence-corrected chi connectivity index (χ3v) is 10.1. The number of carbonyl (C=O) groups is 1. The van der Waals surface area contributed by atoms with E-state index in [2.05, 4.69) is 46.9 Å². The molecule has 1 aliphatic rings. The molecule has 7 nitrogen and oxygen atoms in total. The van der Waals surface area contributed by atoms with Crippen LogP contribution in [-0.4, -0.2) is 24.3 Å². The number of aromatic nitrogens is 1. The maximum Gasteiger partial charge on any atom is 0.338 e. The third-order valence-electron chi connectivity index (χ3n) is 8.29. The van der Waals surface area contributed by atoms with Crippen LogP contribution >= 0.6 is 33.9 Å². The molecular weight excluding hydrogens is 747 g/mol. The molecule has 0 spiro atoms. The Kier molecular flexibility index (Phi) is 9.45. The van der Waals surface area contributed by atoms with Crippen LogP contribution in [0.4, 0.5) is 0 Å². The van der Waals surface area contributed by atoms with Crippen molar-refractivity contribution in [2.24, 2.45) is 4.99 Å². The summed E-state index contributed by atoms with van der Waals surface area (Å²) < 4.78 is 20.6. The van der Waals surface area contributed by atoms with E-state index < -0.39 is 12.0 Å². The summed E-state index contributed by atoms with van der Waals surface area (Å²) in [6.45, 7) is 2.33. The maximum absolute atomic E-state index is 14.3. The topological polar surface area (TPSA) is 79.1 Å².